The number of methoxy groups -OCH3 is 1. The van der Waals surface area contributed by atoms with Crippen molar-refractivity contribution in [1.29, 1.82) is 0 Å². The molecule has 0 unspecified atom stereocenters. The quantitative estimate of drug-likeness (QED) is 0.313. The first-order valence-electron chi connectivity index (χ1n) is 10.5. The number of nitrogens with one attached hydrogen (secondary N) is 1. The number of imide groups is 2. The van der Waals surface area contributed by atoms with Crippen molar-refractivity contribution in [3.63, 3.8) is 0 Å². The van der Waals surface area contributed by atoms with Crippen LogP contribution in [0.1, 0.15) is 16.7 Å². The Morgan fingerprint density at radius 2 is 1.74 bits per heavy atom. The molecule has 0 spiro atoms. The zero-order valence-corrected chi connectivity index (χ0v) is 21.1. The van der Waals surface area contributed by atoms with Crippen molar-refractivity contribution in [1.82, 2.24) is 5.32 Å². The Balaban J connectivity index is 1.60. The molecule has 1 N–H and O–H groups in total. The average molecular weight is 556 g/mol. The minimum Gasteiger partial charge on any atom is -0.493 e. The van der Waals surface area contributed by atoms with Crippen LogP contribution in [-0.2, 0) is 16.2 Å². The van der Waals surface area contributed by atoms with Crippen LogP contribution in [0.25, 0.3) is 6.08 Å². The van der Waals surface area contributed by atoms with Crippen LogP contribution < -0.4 is 19.7 Å². The molecule has 0 aliphatic carbocycles. The van der Waals surface area contributed by atoms with Crippen LogP contribution in [0.5, 0.6) is 11.5 Å². The molecule has 1 saturated heterocycles. The lowest BCUT2D eigenvalue weighted by molar-refractivity contribution is -0.122. The molecule has 1 aliphatic rings. The van der Waals surface area contributed by atoms with Crippen molar-refractivity contribution in [2.24, 2.45) is 0 Å². The van der Waals surface area contributed by atoms with Gasteiger partial charge in [0.2, 0.25) is 0 Å². The van der Waals surface area contributed by atoms with Gasteiger partial charge in [0.05, 0.1) is 12.8 Å². The molecule has 0 saturated carbocycles. The van der Waals surface area contributed by atoms with E-state index in [1.807, 2.05) is 12.1 Å². The Bertz CT molecular complexity index is 1350. The summed E-state index contributed by atoms with van der Waals surface area (Å²) in [7, 11) is 1.50. The van der Waals surface area contributed by atoms with Gasteiger partial charge >= 0.3 is 6.03 Å². The van der Waals surface area contributed by atoms with Crippen LogP contribution in [0.2, 0.25) is 5.02 Å². The third-order valence-electron chi connectivity index (χ3n) is 5.31. The molecule has 1 heterocycles. The number of nitrogens with zero attached hydrogens (tertiary/aromatic N) is 1. The van der Waals surface area contributed by atoms with Crippen molar-refractivity contribution >= 4 is 57.1 Å². The summed E-state index contributed by atoms with van der Waals surface area (Å²) in [6.45, 7) is 2.08. The fourth-order valence-electron chi connectivity index (χ4n) is 3.55. The molecule has 3 aromatic rings. The number of anilines is 1. The van der Waals surface area contributed by atoms with E-state index >= 15 is 0 Å². The number of benzene rings is 3. The van der Waals surface area contributed by atoms with Gasteiger partial charge in [-0.05, 0) is 72.2 Å². The van der Waals surface area contributed by atoms with E-state index in [9.17, 15) is 14.4 Å². The highest BCUT2D eigenvalue weighted by molar-refractivity contribution is 9.10. The summed E-state index contributed by atoms with van der Waals surface area (Å²) in [6, 6.07) is 16.7. The van der Waals surface area contributed by atoms with Crippen molar-refractivity contribution < 1.29 is 23.9 Å². The molecular weight excluding hydrogens is 536 g/mol. The molecule has 178 valence electrons. The van der Waals surface area contributed by atoms with E-state index in [1.54, 1.807) is 55.5 Å². The minimum atomic E-state index is -0.800. The van der Waals surface area contributed by atoms with Crippen molar-refractivity contribution in [2.75, 3.05) is 12.0 Å². The Labute approximate surface area is 215 Å². The molecule has 1 fully saturated rings. The van der Waals surface area contributed by atoms with Crippen LogP contribution in [0.4, 0.5) is 10.5 Å². The third-order valence-corrected chi connectivity index (χ3v) is 6.05. The van der Waals surface area contributed by atoms with E-state index in [-0.39, 0.29) is 5.57 Å². The zero-order valence-electron chi connectivity index (χ0n) is 18.8. The lowest BCUT2D eigenvalue weighted by Crippen LogP contribution is -2.54. The summed E-state index contributed by atoms with van der Waals surface area (Å²) in [5.74, 6) is -0.570. The molecule has 0 atom stereocenters. The molecule has 0 bridgehead atoms. The van der Waals surface area contributed by atoms with Gasteiger partial charge in [0.25, 0.3) is 11.8 Å². The molecule has 1 aliphatic heterocycles. The summed E-state index contributed by atoms with van der Waals surface area (Å²) < 4.78 is 12.1. The zero-order chi connectivity index (χ0) is 25.1. The van der Waals surface area contributed by atoms with Gasteiger partial charge in [-0.3, -0.25) is 14.9 Å². The van der Waals surface area contributed by atoms with Gasteiger partial charge in [0, 0.05) is 9.50 Å². The minimum absolute atomic E-state index is 0.177. The predicted octanol–water partition coefficient (Wildman–Crippen LogP) is 5.66. The number of urea groups is 1. The van der Waals surface area contributed by atoms with Crippen molar-refractivity contribution in [2.45, 2.75) is 13.5 Å². The topological polar surface area (TPSA) is 84.9 Å². The van der Waals surface area contributed by atoms with E-state index in [1.165, 1.54) is 13.2 Å². The fourth-order valence-corrected chi connectivity index (χ4v) is 4.15. The van der Waals surface area contributed by atoms with Crippen LogP contribution in [0.15, 0.2) is 70.7 Å². The van der Waals surface area contributed by atoms with Crippen molar-refractivity contribution in [3.8, 4) is 11.5 Å². The standard InChI is InChI=1S/C26H20BrClN2O5/c1-15-11-18(27)6-9-21(15)30-25(32)20(24(31)29-26(30)33)12-17-5-10-22(23(13-17)34-2)35-14-16-3-7-19(28)8-4-16/h3-13H,14H2,1-2H3,(H,29,31,33)/b20-12-. The molecule has 0 radical (unpaired) electrons. The van der Waals surface area contributed by atoms with Crippen molar-refractivity contribution in [3.05, 3.63) is 92.4 Å². The highest BCUT2D eigenvalue weighted by Crippen LogP contribution is 2.31. The highest BCUT2D eigenvalue weighted by atomic mass is 79.9. The molecule has 35 heavy (non-hydrogen) atoms. The van der Waals surface area contributed by atoms with E-state index in [0.717, 1.165) is 14.9 Å². The molecule has 3 aromatic carbocycles. The number of carbonyl (C=O) groups excluding carboxylic acids is 3. The SMILES string of the molecule is COc1cc(/C=C2/C(=O)NC(=O)N(c3ccc(Br)cc3C)C2=O)ccc1OCc1ccc(Cl)cc1. The summed E-state index contributed by atoms with van der Waals surface area (Å²) in [5.41, 5.74) is 2.36. The van der Waals surface area contributed by atoms with E-state index in [4.69, 9.17) is 21.1 Å². The first-order valence-corrected chi connectivity index (χ1v) is 11.7. The summed E-state index contributed by atoms with van der Waals surface area (Å²) in [5, 5.41) is 2.87. The number of ether oxygens (including phenoxy) is 2. The Kier molecular flexibility index (Phi) is 7.23. The van der Waals surface area contributed by atoms with Gasteiger partial charge < -0.3 is 9.47 Å². The Morgan fingerprint density at radius 3 is 2.43 bits per heavy atom. The predicted molar refractivity (Wildman–Crippen MR) is 137 cm³/mol. The van der Waals surface area contributed by atoms with Gasteiger partial charge in [0.1, 0.15) is 12.2 Å². The Hall–Kier alpha value is -3.62. The van der Waals surface area contributed by atoms with Crippen LogP contribution in [0.3, 0.4) is 0 Å². The number of hydrogen-bond acceptors (Lipinski definition) is 5. The number of amides is 4. The van der Waals surface area contributed by atoms with Gasteiger partial charge in [-0.2, -0.15) is 0 Å². The van der Waals surface area contributed by atoms with Gasteiger partial charge in [-0.25, -0.2) is 9.69 Å². The third kappa shape index (κ3) is 5.39. The number of rotatable bonds is 6. The number of hydrogen-bond donors (Lipinski definition) is 1. The smallest absolute Gasteiger partial charge is 0.335 e. The second kappa shape index (κ2) is 10.3. The Morgan fingerprint density at radius 1 is 1.00 bits per heavy atom. The molecule has 4 rings (SSSR count). The number of aryl methyl sites for hydroxylation is 1. The number of halogens is 2. The normalized spacial score (nSPS) is 14.8. The molecule has 9 heteroatoms. The fraction of sp³-hybridized carbons (Fsp3) is 0.115. The van der Waals surface area contributed by atoms with Gasteiger partial charge in [-0.15, -0.1) is 0 Å². The summed E-state index contributed by atoms with van der Waals surface area (Å²) >= 11 is 9.28. The molecule has 0 aromatic heterocycles. The molecule has 4 amide bonds. The average Bonchev–Trinajstić information content (AvgIpc) is 2.83. The maximum atomic E-state index is 13.2. The lowest BCUT2D eigenvalue weighted by atomic mass is 10.1. The molecular formula is C26H20BrClN2O5. The second-order valence-electron chi connectivity index (χ2n) is 7.71. The molecule has 7 nitrogen and oxygen atoms in total. The summed E-state index contributed by atoms with van der Waals surface area (Å²) in [4.78, 5) is 39.2. The number of barbiturate groups is 1. The second-order valence-corrected chi connectivity index (χ2v) is 9.07. The first kappa shape index (κ1) is 24.5. The first-order chi connectivity index (χ1) is 16.8. The van der Waals surface area contributed by atoms with Crippen LogP contribution in [-0.4, -0.2) is 25.0 Å². The lowest BCUT2D eigenvalue weighted by Gasteiger charge is -2.27. The van der Waals surface area contributed by atoms with E-state index in [2.05, 4.69) is 21.2 Å². The van der Waals surface area contributed by atoms with Crippen LogP contribution >= 0.6 is 27.5 Å². The van der Waals surface area contributed by atoms with E-state index < -0.39 is 17.8 Å². The largest absolute Gasteiger partial charge is 0.493 e. The van der Waals surface area contributed by atoms with Crippen LogP contribution in [0, 0.1) is 6.92 Å². The van der Waals surface area contributed by atoms with Gasteiger partial charge in [0.15, 0.2) is 11.5 Å². The maximum absolute atomic E-state index is 13.2. The maximum Gasteiger partial charge on any atom is 0.335 e. The van der Waals surface area contributed by atoms with Gasteiger partial charge in [-0.1, -0.05) is 45.7 Å². The van der Waals surface area contributed by atoms with E-state index in [0.29, 0.717) is 39.9 Å². The summed E-state index contributed by atoms with van der Waals surface area (Å²) in [6.07, 6.45) is 1.41. The number of carbonyl (C=O) groups is 3. The monoisotopic (exact) mass is 554 g/mol. The highest BCUT2D eigenvalue weighted by Gasteiger charge is 2.37.